The van der Waals surface area contributed by atoms with E-state index in [4.69, 9.17) is 15.0 Å². The summed E-state index contributed by atoms with van der Waals surface area (Å²) in [6.07, 6.45) is 30.4. The molecule has 2 aromatic heterocycles. The van der Waals surface area contributed by atoms with Crippen LogP contribution in [0.2, 0.25) is 0 Å². The predicted octanol–water partition coefficient (Wildman–Crippen LogP) is 14.5. The Kier molecular flexibility index (Phi) is 9.64. The maximum absolute atomic E-state index is 5.41. The van der Waals surface area contributed by atoms with E-state index in [1.54, 1.807) is 0 Å². The van der Waals surface area contributed by atoms with Crippen LogP contribution in [-0.2, 0) is 0 Å². The third kappa shape index (κ3) is 7.04. The zero-order valence-corrected chi connectivity index (χ0v) is 35.7. The number of fused-ring (bicyclic) bond motifs is 7. The van der Waals surface area contributed by atoms with Crippen LogP contribution < -0.4 is 4.90 Å². The van der Waals surface area contributed by atoms with Crippen LogP contribution in [0.5, 0.6) is 0 Å². The molecule has 0 fully saturated rings. The molecule has 0 N–H and O–H groups in total. The third-order valence-electron chi connectivity index (χ3n) is 12.7. The van der Waals surface area contributed by atoms with Gasteiger partial charge in [-0.05, 0) is 70.7 Å². The van der Waals surface area contributed by atoms with Gasteiger partial charge in [0.1, 0.15) is 0 Å². The average molecular weight is 834 g/mol. The first-order valence-corrected chi connectivity index (χ1v) is 22.3. The number of aromatic nitrogens is 4. The number of rotatable bonds is 7. The molecule has 308 valence electrons. The SMILES string of the molecule is C1=CC=CC(N2C3=CC(c4nc(-c5ccc6c7c(n(-c8ccccc8)c6c5)C=CCC=C7)nc(-c5ccccc5-c5ccc(-c6ccccc6)cc5)n4)=CC=C(C3)c3ccccc32)C=C1. The van der Waals surface area contributed by atoms with Crippen molar-refractivity contribution in [2.45, 2.75) is 18.9 Å². The van der Waals surface area contributed by atoms with Gasteiger partial charge >= 0.3 is 0 Å². The van der Waals surface area contributed by atoms with Crippen LogP contribution in [0.3, 0.4) is 0 Å². The number of benzene rings is 6. The van der Waals surface area contributed by atoms with Crippen molar-refractivity contribution < 1.29 is 0 Å². The van der Waals surface area contributed by atoms with E-state index in [2.05, 4.69) is 240 Å². The summed E-state index contributed by atoms with van der Waals surface area (Å²) < 4.78 is 2.36. The van der Waals surface area contributed by atoms with Gasteiger partial charge in [0.05, 0.1) is 17.3 Å². The minimum absolute atomic E-state index is 0.0373. The van der Waals surface area contributed by atoms with Crippen LogP contribution in [0.25, 0.3) is 84.9 Å². The Morgan fingerprint density at radius 2 is 1.15 bits per heavy atom. The molecule has 65 heavy (non-hydrogen) atoms. The van der Waals surface area contributed by atoms with E-state index >= 15 is 0 Å². The van der Waals surface area contributed by atoms with Gasteiger partial charge in [0.25, 0.3) is 0 Å². The first kappa shape index (κ1) is 38.3. The highest BCUT2D eigenvalue weighted by molar-refractivity contribution is 5.98. The van der Waals surface area contributed by atoms with E-state index in [0.29, 0.717) is 17.5 Å². The zero-order valence-electron chi connectivity index (χ0n) is 35.7. The Morgan fingerprint density at radius 1 is 0.508 bits per heavy atom. The standard InChI is InChI=1S/C60H43N5/c1-2-9-21-47(20-8-1)64-49-38-44(51-25-16-17-29-55(51)64)34-35-45(39-49)58-61-59(46-36-37-53-52-26-12-5-13-28-56(52)65(57(53)40-46)48-22-10-4-11-23-48)63-60(62-58)54-27-15-14-24-50(54)43-32-30-42(31-33-43)41-18-6-3-7-19-41/h1-4,6-37,39-40,47H,5,38H2. The van der Waals surface area contributed by atoms with Crippen molar-refractivity contribution in [1.29, 1.82) is 0 Å². The van der Waals surface area contributed by atoms with E-state index in [9.17, 15) is 0 Å². The van der Waals surface area contributed by atoms with Crippen molar-refractivity contribution in [3.8, 4) is 50.7 Å². The van der Waals surface area contributed by atoms with Crippen LogP contribution in [0, 0.1) is 0 Å². The van der Waals surface area contributed by atoms with Gasteiger partial charge in [-0.3, -0.25) is 0 Å². The minimum atomic E-state index is 0.0373. The molecule has 0 spiro atoms. The highest BCUT2D eigenvalue weighted by Crippen LogP contribution is 2.44. The van der Waals surface area contributed by atoms with Crippen molar-refractivity contribution in [2.75, 3.05) is 4.90 Å². The van der Waals surface area contributed by atoms with Gasteiger partial charge < -0.3 is 9.47 Å². The van der Waals surface area contributed by atoms with E-state index in [1.165, 1.54) is 44.6 Å². The maximum Gasteiger partial charge on any atom is 0.164 e. The lowest BCUT2D eigenvalue weighted by Crippen LogP contribution is -2.34. The van der Waals surface area contributed by atoms with Crippen LogP contribution >= 0.6 is 0 Å². The zero-order chi connectivity index (χ0) is 43.1. The molecule has 4 aliphatic rings. The van der Waals surface area contributed by atoms with Gasteiger partial charge in [-0.2, -0.15) is 0 Å². The second-order valence-electron chi connectivity index (χ2n) is 16.7. The number of nitrogens with zero attached hydrogens (tertiary/aromatic N) is 5. The fraction of sp³-hybridized carbons (Fsp3) is 0.0500. The van der Waals surface area contributed by atoms with Gasteiger partial charge in [-0.1, -0.05) is 194 Å². The van der Waals surface area contributed by atoms with E-state index in [-0.39, 0.29) is 6.04 Å². The molecule has 5 nitrogen and oxygen atoms in total. The van der Waals surface area contributed by atoms with Crippen molar-refractivity contribution >= 4 is 39.9 Å². The van der Waals surface area contributed by atoms with Gasteiger partial charge in [-0.15, -0.1) is 0 Å². The molecule has 5 heteroatoms. The second kappa shape index (κ2) is 16.4. The molecule has 0 unspecified atom stereocenters. The number of hydrogen-bond acceptors (Lipinski definition) is 4. The molecule has 3 heterocycles. The molecule has 2 bridgehead atoms. The van der Waals surface area contributed by atoms with E-state index < -0.39 is 0 Å². The lowest BCUT2D eigenvalue weighted by Gasteiger charge is -2.38. The fourth-order valence-corrected chi connectivity index (χ4v) is 9.65. The van der Waals surface area contributed by atoms with Crippen LogP contribution in [0.4, 0.5) is 5.69 Å². The lowest BCUT2D eigenvalue weighted by atomic mass is 9.92. The molecule has 8 aromatic rings. The monoisotopic (exact) mass is 833 g/mol. The Morgan fingerprint density at radius 3 is 1.97 bits per heavy atom. The summed E-state index contributed by atoms with van der Waals surface area (Å²) in [5.74, 6) is 1.85. The topological polar surface area (TPSA) is 46.8 Å². The Hall–Kier alpha value is -8.41. The van der Waals surface area contributed by atoms with Gasteiger partial charge in [0.2, 0.25) is 0 Å². The molecular weight excluding hydrogens is 791 g/mol. The Balaban J connectivity index is 1.05. The molecular formula is C60H43N5. The van der Waals surface area contributed by atoms with E-state index in [1.807, 2.05) is 0 Å². The number of hydrogen-bond donors (Lipinski definition) is 0. The third-order valence-corrected chi connectivity index (χ3v) is 12.7. The van der Waals surface area contributed by atoms with Crippen LogP contribution in [-0.4, -0.2) is 25.6 Å². The largest absolute Gasteiger partial charge is 0.334 e. The van der Waals surface area contributed by atoms with Gasteiger partial charge in [-0.25, -0.2) is 15.0 Å². The fourth-order valence-electron chi connectivity index (χ4n) is 9.65. The lowest BCUT2D eigenvalue weighted by molar-refractivity contribution is 0.850. The summed E-state index contributed by atoms with van der Waals surface area (Å²) in [7, 11) is 0. The van der Waals surface area contributed by atoms with Crippen molar-refractivity contribution in [2.24, 2.45) is 0 Å². The molecule has 12 rings (SSSR count). The summed E-state index contributed by atoms with van der Waals surface area (Å²) in [5.41, 5.74) is 16.8. The van der Waals surface area contributed by atoms with Gasteiger partial charge in [0, 0.05) is 56.7 Å². The highest BCUT2D eigenvalue weighted by atomic mass is 15.2. The van der Waals surface area contributed by atoms with Crippen molar-refractivity contribution in [1.82, 2.24) is 19.5 Å². The molecule has 0 radical (unpaired) electrons. The summed E-state index contributed by atoms with van der Waals surface area (Å²) >= 11 is 0. The highest BCUT2D eigenvalue weighted by Gasteiger charge is 2.30. The summed E-state index contributed by atoms with van der Waals surface area (Å²) in [4.78, 5) is 18.7. The van der Waals surface area contributed by atoms with E-state index in [0.717, 1.165) is 57.6 Å². The Bertz CT molecular complexity index is 3390. The quantitative estimate of drug-likeness (QED) is 0.160. The molecule has 0 saturated heterocycles. The second-order valence-corrected chi connectivity index (χ2v) is 16.7. The number of allylic oxidation sites excluding steroid dienone is 11. The molecule has 1 aliphatic heterocycles. The summed E-state index contributed by atoms with van der Waals surface area (Å²) in [6.45, 7) is 0. The van der Waals surface area contributed by atoms with Gasteiger partial charge in [0.15, 0.2) is 17.5 Å². The molecule has 0 atom stereocenters. The van der Waals surface area contributed by atoms with Crippen molar-refractivity contribution in [3.63, 3.8) is 0 Å². The first-order valence-electron chi connectivity index (χ1n) is 22.3. The predicted molar refractivity (Wildman–Crippen MR) is 270 cm³/mol. The van der Waals surface area contributed by atoms with Crippen LogP contribution in [0.1, 0.15) is 35.5 Å². The maximum atomic E-state index is 5.41. The summed E-state index contributed by atoms with van der Waals surface area (Å²) in [6, 6.07) is 53.8. The number of para-hydroxylation sites is 2. The average Bonchev–Trinajstić information content (AvgIpc) is 3.71. The van der Waals surface area contributed by atoms with Crippen LogP contribution in [0.15, 0.2) is 224 Å². The molecule has 0 saturated carbocycles. The van der Waals surface area contributed by atoms with Crippen molar-refractivity contribution in [3.05, 3.63) is 247 Å². The number of anilines is 1. The Labute approximate surface area is 379 Å². The normalized spacial score (nSPS) is 15.1. The summed E-state index contributed by atoms with van der Waals surface area (Å²) in [5, 5.41) is 1.18. The minimum Gasteiger partial charge on any atom is -0.334 e. The first-order chi connectivity index (χ1) is 32.2. The molecule has 6 aromatic carbocycles. The molecule has 0 amide bonds. The smallest absolute Gasteiger partial charge is 0.164 e. The molecule has 3 aliphatic carbocycles.